The monoisotopic (exact) mass is 368 g/mol. The predicted octanol–water partition coefficient (Wildman–Crippen LogP) is 3.76. The molecule has 1 atom stereocenters. The zero-order valence-corrected chi connectivity index (χ0v) is 16.2. The van der Waals surface area contributed by atoms with E-state index in [2.05, 4.69) is 16.4 Å². The van der Waals surface area contributed by atoms with Gasteiger partial charge in [-0.15, -0.1) is 5.10 Å². The quantitative estimate of drug-likeness (QED) is 0.806. The van der Waals surface area contributed by atoms with Crippen LogP contribution in [-0.2, 0) is 6.54 Å². The lowest BCUT2D eigenvalue weighted by molar-refractivity contribution is 0.0727. The zero-order chi connectivity index (χ0) is 18.8. The van der Waals surface area contributed by atoms with E-state index in [4.69, 9.17) is 4.74 Å². The number of aromatic nitrogens is 3. The number of nitrogens with zero attached hydrogens (tertiary/aromatic N) is 4. The first-order valence-electron chi connectivity index (χ1n) is 10.0. The second kappa shape index (κ2) is 7.71. The van der Waals surface area contributed by atoms with Gasteiger partial charge in [-0.1, -0.05) is 36.3 Å². The molecule has 1 aliphatic carbocycles. The normalized spacial score (nSPS) is 20.4. The Morgan fingerprint density at radius 3 is 2.74 bits per heavy atom. The van der Waals surface area contributed by atoms with E-state index >= 15 is 0 Å². The molecule has 1 amide bonds. The molecule has 0 N–H and O–H groups in total. The Bertz CT molecular complexity index is 810. The van der Waals surface area contributed by atoms with Gasteiger partial charge in [0.25, 0.3) is 5.91 Å². The number of ether oxygens (including phenoxy) is 1. The highest BCUT2D eigenvalue weighted by Crippen LogP contribution is 2.37. The van der Waals surface area contributed by atoms with E-state index in [1.54, 1.807) is 7.11 Å². The van der Waals surface area contributed by atoms with Crippen molar-refractivity contribution in [2.75, 3.05) is 13.7 Å². The number of hydrogen-bond acceptors (Lipinski definition) is 4. The number of hydrogen-bond donors (Lipinski definition) is 0. The predicted molar refractivity (Wildman–Crippen MR) is 103 cm³/mol. The van der Waals surface area contributed by atoms with Crippen molar-refractivity contribution >= 4 is 5.91 Å². The summed E-state index contributed by atoms with van der Waals surface area (Å²) in [5, 5.41) is 8.56. The molecule has 6 heteroatoms. The molecule has 0 spiro atoms. The van der Waals surface area contributed by atoms with Gasteiger partial charge in [-0.05, 0) is 44.6 Å². The van der Waals surface area contributed by atoms with E-state index in [-0.39, 0.29) is 11.9 Å². The third-order valence-corrected chi connectivity index (χ3v) is 6.10. The highest BCUT2D eigenvalue weighted by Gasteiger charge is 2.34. The van der Waals surface area contributed by atoms with Crippen LogP contribution >= 0.6 is 0 Å². The van der Waals surface area contributed by atoms with Crippen molar-refractivity contribution in [2.45, 2.75) is 58.0 Å². The third kappa shape index (κ3) is 3.45. The van der Waals surface area contributed by atoms with E-state index in [0.717, 1.165) is 42.9 Å². The zero-order valence-electron chi connectivity index (χ0n) is 16.2. The number of para-hydroxylation sites is 1. The molecule has 144 valence electrons. The van der Waals surface area contributed by atoms with Gasteiger partial charge in [-0.25, -0.2) is 4.68 Å². The Morgan fingerprint density at radius 1 is 1.19 bits per heavy atom. The van der Waals surface area contributed by atoms with Crippen LogP contribution < -0.4 is 4.74 Å². The number of likely N-dealkylation sites (tertiary alicyclic amines) is 1. The molecule has 0 radical (unpaired) electrons. The molecule has 27 heavy (non-hydrogen) atoms. The van der Waals surface area contributed by atoms with Crippen molar-refractivity contribution < 1.29 is 9.53 Å². The van der Waals surface area contributed by atoms with Gasteiger partial charge in [-0.3, -0.25) is 4.79 Å². The summed E-state index contributed by atoms with van der Waals surface area (Å²) >= 11 is 0. The van der Waals surface area contributed by atoms with Gasteiger partial charge >= 0.3 is 0 Å². The topological polar surface area (TPSA) is 60.2 Å². The molecule has 1 aliphatic heterocycles. The smallest absolute Gasteiger partial charge is 0.276 e. The van der Waals surface area contributed by atoms with Gasteiger partial charge in [0.15, 0.2) is 5.69 Å². The van der Waals surface area contributed by atoms with Crippen LogP contribution in [-0.4, -0.2) is 39.5 Å². The first-order valence-corrected chi connectivity index (χ1v) is 10.0. The highest BCUT2D eigenvalue weighted by atomic mass is 16.5. The molecular weight excluding hydrogens is 340 g/mol. The van der Waals surface area contributed by atoms with E-state index in [1.165, 1.54) is 25.7 Å². The lowest BCUT2D eigenvalue weighted by Crippen LogP contribution is -2.31. The van der Waals surface area contributed by atoms with Crippen LogP contribution in [0, 0.1) is 12.8 Å². The Kier molecular flexibility index (Phi) is 5.14. The number of rotatable bonds is 5. The minimum Gasteiger partial charge on any atom is -0.496 e. The van der Waals surface area contributed by atoms with Crippen LogP contribution in [0.2, 0.25) is 0 Å². The van der Waals surface area contributed by atoms with Gasteiger partial charge in [-0.2, -0.15) is 0 Å². The summed E-state index contributed by atoms with van der Waals surface area (Å²) in [7, 11) is 1.68. The Balaban J connectivity index is 1.56. The van der Waals surface area contributed by atoms with Crippen molar-refractivity contribution in [1.29, 1.82) is 0 Å². The summed E-state index contributed by atoms with van der Waals surface area (Å²) in [6.07, 6.45) is 7.05. The van der Waals surface area contributed by atoms with Gasteiger partial charge < -0.3 is 9.64 Å². The number of amides is 1. The molecule has 2 heterocycles. The van der Waals surface area contributed by atoms with Gasteiger partial charge in [0.2, 0.25) is 0 Å². The summed E-state index contributed by atoms with van der Waals surface area (Å²) in [6.45, 7) is 3.59. The molecule has 1 aromatic heterocycles. The maximum Gasteiger partial charge on any atom is 0.276 e. The second-order valence-electron chi connectivity index (χ2n) is 7.75. The number of benzene rings is 1. The minimum atomic E-state index is -0.0152. The van der Waals surface area contributed by atoms with Gasteiger partial charge in [0.1, 0.15) is 5.75 Å². The molecule has 0 bridgehead atoms. The molecule has 1 saturated heterocycles. The summed E-state index contributed by atoms with van der Waals surface area (Å²) in [5.41, 5.74) is 2.45. The molecule has 4 rings (SSSR count). The van der Waals surface area contributed by atoms with Gasteiger partial charge in [0, 0.05) is 18.7 Å². The minimum absolute atomic E-state index is 0.0152. The van der Waals surface area contributed by atoms with Crippen LogP contribution in [0.25, 0.3) is 0 Å². The van der Waals surface area contributed by atoms with Crippen LogP contribution in [0.1, 0.15) is 66.3 Å². The summed E-state index contributed by atoms with van der Waals surface area (Å²) in [5.74, 6) is 1.49. The SMILES string of the molecule is COc1ccccc1C1CCCN1C(=O)c1nnn(CC2CCCC2)c1C. The van der Waals surface area contributed by atoms with E-state index in [9.17, 15) is 4.79 Å². The van der Waals surface area contributed by atoms with Crippen LogP contribution in [0.15, 0.2) is 24.3 Å². The lowest BCUT2D eigenvalue weighted by Gasteiger charge is -2.25. The van der Waals surface area contributed by atoms with Crippen molar-refractivity contribution in [3.8, 4) is 5.75 Å². The third-order valence-electron chi connectivity index (χ3n) is 6.10. The molecule has 1 aromatic carbocycles. The molecule has 2 aromatic rings. The van der Waals surface area contributed by atoms with Crippen molar-refractivity contribution in [3.63, 3.8) is 0 Å². The lowest BCUT2D eigenvalue weighted by atomic mass is 10.0. The molecule has 2 aliphatic rings. The standard InChI is InChI=1S/C21H28N4O2/c1-15-20(22-23-25(15)14-16-8-3-4-9-16)21(26)24-13-7-11-18(24)17-10-5-6-12-19(17)27-2/h5-6,10,12,16,18H,3-4,7-9,11,13-14H2,1-2H3. The molecular formula is C21H28N4O2. The summed E-state index contributed by atoms with van der Waals surface area (Å²) in [4.78, 5) is 15.2. The second-order valence-corrected chi connectivity index (χ2v) is 7.75. The van der Waals surface area contributed by atoms with Crippen LogP contribution in [0.4, 0.5) is 0 Å². The van der Waals surface area contributed by atoms with Crippen LogP contribution in [0.5, 0.6) is 5.75 Å². The molecule has 1 saturated carbocycles. The van der Waals surface area contributed by atoms with Crippen molar-refractivity contribution in [2.24, 2.45) is 5.92 Å². The number of carbonyl (C=O) groups excluding carboxylic acids is 1. The van der Waals surface area contributed by atoms with Crippen molar-refractivity contribution in [1.82, 2.24) is 19.9 Å². The fourth-order valence-corrected chi connectivity index (χ4v) is 4.58. The van der Waals surface area contributed by atoms with E-state index in [1.807, 2.05) is 34.7 Å². The summed E-state index contributed by atoms with van der Waals surface area (Å²) in [6, 6.07) is 8.01. The van der Waals surface area contributed by atoms with E-state index < -0.39 is 0 Å². The Morgan fingerprint density at radius 2 is 1.96 bits per heavy atom. The number of carbonyl (C=O) groups is 1. The van der Waals surface area contributed by atoms with E-state index in [0.29, 0.717) is 11.6 Å². The molecule has 2 fully saturated rings. The maximum absolute atomic E-state index is 13.3. The fourth-order valence-electron chi connectivity index (χ4n) is 4.58. The van der Waals surface area contributed by atoms with Crippen molar-refractivity contribution in [3.05, 3.63) is 41.2 Å². The fraction of sp³-hybridized carbons (Fsp3) is 0.571. The average molecular weight is 368 g/mol. The Labute approximate surface area is 160 Å². The van der Waals surface area contributed by atoms with Crippen LogP contribution in [0.3, 0.4) is 0 Å². The van der Waals surface area contributed by atoms with Gasteiger partial charge in [0.05, 0.1) is 18.8 Å². The Hall–Kier alpha value is -2.37. The largest absolute Gasteiger partial charge is 0.496 e. The number of methoxy groups -OCH3 is 1. The highest BCUT2D eigenvalue weighted by molar-refractivity contribution is 5.93. The maximum atomic E-state index is 13.3. The first-order chi connectivity index (χ1) is 13.2. The average Bonchev–Trinajstić information content (AvgIpc) is 3.44. The summed E-state index contributed by atoms with van der Waals surface area (Å²) < 4.78 is 7.45. The first kappa shape index (κ1) is 18.0. The molecule has 6 nitrogen and oxygen atoms in total. The molecule has 1 unspecified atom stereocenters.